The number of pyridine rings is 1. The Kier molecular flexibility index (Phi) is 10.0. The fourth-order valence-corrected chi connectivity index (χ4v) is 3.54. The summed E-state index contributed by atoms with van der Waals surface area (Å²) in [5, 5.41) is 6.18. The molecule has 0 saturated carbocycles. The number of guanidine groups is 1. The minimum Gasteiger partial charge on any atom is -0.497 e. The number of hydrogen-bond donors (Lipinski definition) is 2. The quantitative estimate of drug-likeness (QED) is 0.319. The lowest BCUT2D eigenvalue weighted by Crippen LogP contribution is -2.40. The molecule has 1 unspecified atom stereocenters. The third-order valence-corrected chi connectivity index (χ3v) is 5.19. The summed E-state index contributed by atoms with van der Waals surface area (Å²) in [5.74, 6) is 2.71. The van der Waals surface area contributed by atoms with Crippen molar-refractivity contribution in [3.63, 3.8) is 0 Å². The highest BCUT2D eigenvalue weighted by molar-refractivity contribution is 14.0. The molecule has 1 aliphatic heterocycles. The number of aromatic nitrogens is 1. The van der Waals surface area contributed by atoms with Crippen LogP contribution in [0.5, 0.6) is 5.75 Å². The van der Waals surface area contributed by atoms with Gasteiger partial charge in [-0.25, -0.2) is 4.98 Å². The van der Waals surface area contributed by atoms with E-state index in [0.29, 0.717) is 24.7 Å². The largest absolute Gasteiger partial charge is 0.497 e. The third kappa shape index (κ3) is 7.37. The highest BCUT2D eigenvalue weighted by Gasteiger charge is 2.26. The normalized spacial score (nSPS) is 15.9. The smallest absolute Gasteiger partial charge is 0.227 e. The van der Waals surface area contributed by atoms with Crippen molar-refractivity contribution in [1.29, 1.82) is 0 Å². The predicted octanol–water partition coefficient (Wildman–Crippen LogP) is 3.80. The highest BCUT2D eigenvalue weighted by atomic mass is 127. The van der Waals surface area contributed by atoms with Crippen LogP contribution >= 0.6 is 24.0 Å². The number of rotatable bonds is 7. The lowest BCUT2D eigenvalue weighted by molar-refractivity contribution is -0.116. The molecule has 31 heavy (non-hydrogen) atoms. The number of benzene rings is 1. The average Bonchev–Trinajstić information content (AvgIpc) is 3.25. The number of amides is 1. The number of carbonyl (C=O) groups is 1. The molecule has 2 N–H and O–H groups in total. The molecule has 2 aromatic rings. The summed E-state index contributed by atoms with van der Waals surface area (Å²) in [4.78, 5) is 23.3. The molecule has 1 fully saturated rings. The number of aliphatic imine (C=N–C) groups is 1. The van der Waals surface area contributed by atoms with Crippen LogP contribution in [0.1, 0.15) is 36.8 Å². The molecule has 168 valence electrons. The van der Waals surface area contributed by atoms with Crippen molar-refractivity contribution in [3.05, 3.63) is 53.7 Å². The van der Waals surface area contributed by atoms with Gasteiger partial charge in [0.05, 0.1) is 13.7 Å². The molecule has 0 bridgehead atoms. The van der Waals surface area contributed by atoms with E-state index in [-0.39, 0.29) is 29.9 Å². The van der Waals surface area contributed by atoms with Gasteiger partial charge in [-0.2, -0.15) is 0 Å². The summed E-state index contributed by atoms with van der Waals surface area (Å²) in [5.41, 5.74) is 2.38. The van der Waals surface area contributed by atoms with Crippen LogP contribution in [-0.2, 0) is 4.79 Å². The first-order valence-electron chi connectivity index (χ1n) is 10.5. The van der Waals surface area contributed by atoms with Crippen molar-refractivity contribution in [3.8, 4) is 5.75 Å². The predicted molar refractivity (Wildman–Crippen MR) is 136 cm³/mol. The van der Waals surface area contributed by atoms with E-state index < -0.39 is 0 Å². The van der Waals surface area contributed by atoms with Gasteiger partial charge in [0, 0.05) is 38.2 Å². The van der Waals surface area contributed by atoms with Crippen LogP contribution in [0.4, 0.5) is 5.82 Å². The summed E-state index contributed by atoms with van der Waals surface area (Å²) in [6, 6.07) is 12.0. The second-order valence-electron chi connectivity index (χ2n) is 7.46. The van der Waals surface area contributed by atoms with Crippen molar-refractivity contribution in [1.82, 2.24) is 15.2 Å². The number of likely N-dealkylation sites (tertiary alicyclic amines) is 1. The van der Waals surface area contributed by atoms with Crippen molar-refractivity contribution in [2.45, 2.75) is 32.6 Å². The second-order valence-corrected chi connectivity index (χ2v) is 7.46. The molecule has 0 radical (unpaired) electrons. The van der Waals surface area contributed by atoms with Crippen molar-refractivity contribution < 1.29 is 9.53 Å². The summed E-state index contributed by atoms with van der Waals surface area (Å²) < 4.78 is 5.25. The van der Waals surface area contributed by atoms with Gasteiger partial charge in [0.1, 0.15) is 11.6 Å². The van der Waals surface area contributed by atoms with Crippen LogP contribution in [0.25, 0.3) is 0 Å². The summed E-state index contributed by atoms with van der Waals surface area (Å²) >= 11 is 0. The average molecular weight is 537 g/mol. The van der Waals surface area contributed by atoms with E-state index in [4.69, 9.17) is 4.74 Å². The van der Waals surface area contributed by atoms with Crippen molar-refractivity contribution >= 4 is 41.7 Å². The molecule has 7 nitrogen and oxygen atoms in total. The molecule has 8 heteroatoms. The SMILES string of the molecule is CCNC(=NCCC(=O)Nc1ccc(C)cn1)N1CCC(c2ccc(OC)cc2)C1.I. The number of anilines is 1. The van der Waals surface area contributed by atoms with Crippen LogP contribution in [0.2, 0.25) is 0 Å². The molecule has 0 aliphatic carbocycles. The number of ether oxygens (including phenoxy) is 1. The Labute approximate surface area is 201 Å². The first-order valence-corrected chi connectivity index (χ1v) is 10.5. The van der Waals surface area contributed by atoms with Crippen LogP contribution in [0.3, 0.4) is 0 Å². The van der Waals surface area contributed by atoms with Gasteiger partial charge in [-0.3, -0.25) is 9.79 Å². The van der Waals surface area contributed by atoms with E-state index in [2.05, 4.69) is 44.6 Å². The minimum absolute atomic E-state index is 0. The molecule has 2 heterocycles. The Balaban J connectivity index is 0.00000341. The van der Waals surface area contributed by atoms with Gasteiger partial charge < -0.3 is 20.3 Å². The van der Waals surface area contributed by atoms with Gasteiger partial charge >= 0.3 is 0 Å². The molecule has 1 aromatic heterocycles. The molecular formula is C23H32IN5O2. The molecule has 1 aliphatic rings. The number of aryl methyl sites for hydroxylation is 1. The fourth-order valence-electron chi connectivity index (χ4n) is 3.54. The number of carbonyl (C=O) groups excluding carboxylic acids is 1. The zero-order valence-electron chi connectivity index (χ0n) is 18.4. The van der Waals surface area contributed by atoms with Crippen molar-refractivity contribution in [2.24, 2.45) is 4.99 Å². The molecule has 1 saturated heterocycles. The number of hydrogen-bond acceptors (Lipinski definition) is 4. The van der Waals surface area contributed by atoms with Crippen LogP contribution in [0.15, 0.2) is 47.6 Å². The lowest BCUT2D eigenvalue weighted by Gasteiger charge is -2.21. The van der Waals surface area contributed by atoms with Gasteiger partial charge in [-0.15, -0.1) is 24.0 Å². The molecule has 1 amide bonds. The maximum absolute atomic E-state index is 12.2. The third-order valence-electron chi connectivity index (χ3n) is 5.19. The standard InChI is InChI=1S/C23H31N5O2.HI/c1-4-24-23(25-13-11-22(29)27-21-10-5-17(2)15-26-21)28-14-12-19(16-28)18-6-8-20(30-3)9-7-18;/h5-10,15,19H,4,11-14,16H2,1-3H3,(H,24,25)(H,26,27,29);1H. The monoisotopic (exact) mass is 537 g/mol. The van der Waals surface area contributed by atoms with Crippen LogP contribution < -0.4 is 15.4 Å². The van der Waals surface area contributed by atoms with E-state index in [0.717, 1.165) is 43.3 Å². The first-order chi connectivity index (χ1) is 14.6. The number of nitrogens with zero attached hydrogens (tertiary/aromatic N) is 3. The highest BCUT2D eigenvalue weighted by Crippen LogP contribution is 2.28. The topological polar surface area (TPSA) is 78.8 Å². The molecule has 1 aromatic carbocycles. The van der Waals surface area contributed by atoms with Gasteiger partial charge in [0.15, 0.2) is 5.96 Å². The van der Waals surface area contributed by atoms with Gasteiger partial charge in [0.2, 0.25) is 5.91 Å². The van der Waals surface area contributed by atoms with Crippen LogP contribution in [0, 0.1) is 6.92 Å². The minimum atomic E-state index is -0.0801. The molecule has 1 atom stereocenters. The number of nitrogens with one attached hydrogen (secondary N) is 2. The maximum atomic E-state index is 12.2. The Bertz CT molecular complexity index is 855. The van der Waals surface area contributed by atoms with Crippen LogP contribution in [-0.4, -0.2) is 55.0 Å². The zero-order chi connectivity index (χ0) is 21.3. The van der Waals surface area contributed by atoms with Gasteiger partial charge in [-0.05, 0) is 49.6 Å². The molecule has 3 rings (SSSR count). The lowest BCUT2D eigenvalue weighted by atomic mass is 9.98. The van der Waals surface area contributed by atoms with Gasteiger partial charge in [0.25, 0.3) is 0 Å². The fraction of sp³-hybridized carbons (Fsp3) is 0.435. The maximum Gasteiger partial charge on any atom is 0.227 e. The second kappa shape index (κ2) is 12.5. The van der Waals surface area contributed by atoms with E-state index >= 15 is 0 Å². The summed E-state index contributed by atoms with van der Waals surface area (Å²) in [7, 11) is 1.68. The van der Waals surface area contributed by atoms with E-state index in [9.17, 15) is 4.79 Å². The van der Waals surface area contributed by atoms with E-state index in [1.807, 2.05) is 31.2 Å². The molecule has 0 spiro atoms. The number of halogens is 1. The Morgan fingerprint density at radius 2 is 2.03 bits per heavy atom. The van der Waals surface area contributed by atoms with Crippen molar-refractivity contribution in [2.75, 3.05) is 38.6 Å². The van der Waals surface area contributed by atoms with Gasteiger partial charge in [-0.1, -0.05) is 18.2 Å². The molecular weight excluding hydrogens is 505 g/mol. The van der Waals surface area contributed by atoms with E-state index in [1.54, 1.807) is 13.3 Å². The number of methoxy groups -OCH3 is 1. The summed E-state index contributed by atoms with van der Waals surface area (Å²) in [6.45, 7) is 7.11. The Hall–Kier alpha value is -2.36. The Morgan fingerprint density at radius 3 is 2.68 bits per heavy atom. The Morgan fingerprint density at radius 1 is 1.26 bits per heavy atom. The first kappa shape index (κ1) is 24.9. The summed E-state index contributed by atoms with van der Waals surface area (Å²) in [6.07, 6.45) is 3.14. The zero-order valence-corrected chi connectivity index (χ0v) is 20.8. The van der Waals surface area contributed by atoms with E-state index in [1.165, 1.54) is 5.56 Å².